The number of anilines is 1. The first-order chi connectivity index (χ1) is 10.1. The quantitative estimate of drug-likeness (QED) is 0.799. The number of aryl methyl sites for hydroxylation is 2. The average molecular weight is 284 g/mol. The number of hydrogen-bond donors (Lipinski definition) is 1. The van der Waals surface area contributed by atoms with Crippen LogP contribution in [0.25, 0.3) is 5.52 Å². The zero-order chi connectivity index (χ0) is 14.8. The molecule has 0 aliphatic carbocycles. The van der Waals surface area contributed by atoms with Crippen LogP contribution in [-0.4, -0.2) is 20.7 Å². The number of aromatic nitrogens is 3. The van der Waals surface area contributed by atoms with Crippen LogP contribution in [0.2, 0.25) is 0 Å². The van der Waals surface area contributed by atoms with Crippen molar-refractivity contribution in [1.82, 2.24) is 14.8 Å². The second-order valence-electron chi connectivity index (χ2n) is 4.97. The van der Waals surface area contributed by atoms with Crippen molar-refractivity contribution in [3.05, 3.63) is 47.6 Å². The van der Waals surface area contributed by atoms with E-state index < -0.39 is 0 Å². The lowest BCUT2D eigenvalue weighted by Crippen LogP contribution is -2.12. The lowest BCUT2D eigenvalue weighted by atomic mass is 10.1. The van der Waals surface area contributed by atoms with E-state index in [9.17, 15) is 4.79 Å². The van der Waals surface area contributed by atoms with E-state index in [4.69, 9.17) is 4.52 Å². The molecule has 6 nitrogen and oxygen atoms in total. The summed E-state index contributed by atoms with van der Waals surface area (Å²) < 4.78 is 6.84. The third-order valence-electron chi connectivity index (χ3n) is 3.47. The molecule has 3 heterocycles. The minimum absolute atomic E-state index is 0.0288. The number of nitrogens with one attached hydrogen (secondary N) is 1. The highest BCUT2D eigenvalue weighted by Gasteiger charge is 2.11. The van der Waals surface area contributed by atoms with Crippen molar-refractivity contribution in [3.8, 4) is 0 Å². The van der Waals surface area contributed by atoms with Crippen LogP contribution in [-0.2, 0) is 11.2 Å². The smallest absolute Gasteiger partial charge is 0.224 e. The minimum Gasteiger partial charge on any atom is -0.361 e. The van der Waals surface area contributed by atoms with Crippen LogP contribution in [0.1, 0.15) is 23.4 Å². The van der Waals surface area contributed by atoms with E-state index in [1.807, 2.05) is 38.2 Å². The van der Waals surface area contributed by atoms with Crippen LogP contribution in [0, 0.1) is 13.8 Å². The zero-order valence-electron chi connectivity index (χ0n) is 12.0. The number of carbonyl (C=O) groups excluding carboxylic acids is 1. The predicted molar refractivity (Wildman–Crippen MR) is 78.1 cm³/mol. The van der Waals surface area contributed by atoms with Gasteiger partial charge in [-0.25, -0.2) is 4.52 Å². The van der Waals surface area contributed by atoms with Crippen molar-refractivity contribution in [2.75, 3.05) is 5.32 Å². The molecule has 108 valence electrons. The van der Waals surface area contributed by atoms with Gasteiger partial charge in [0.15, 0.2) is 0 Å². The highest BCUT2D eigenvalue weighted by Crippen LogP contribution is 2.16. The van der Waals surface area contributed by atoms with E-state index in [1.165, 1.54) is 0 Å². The third-order valence-corrected chi connectivity index (χ3v) is 3.47. The van der Waals surface area contributed by atoms with Crippen LogP contribution in [0.3, 0.4) is 0 Å². The first kappa shape index (κ1) is 13.4. The molecule has 0 spiro atoms. The van der Waals surface area contributed by atoms with Crippen molar-refractivity contribution in [1.29, 1.82) is 0 Å². The number of amides is 1. The van der Waals surface area contributed by atoms with Gasteiger partial charge in [-0.3, -0.25) is 4.79 Å². The molecule has 0 unspecified atom stereocenters. The van der Waals surface area contributed by atoms with Crippen LogP contribution < -0.4 is 5.32 Å². The summed E-state index contributed by atoms with van der Waals surface area (Å²) in [5.74, 6) is 0.750. The summed E-state index contributed by atoms with van der Waals surface area (Å²) in [6.07, 6.45) is 4.56. The SMILES string of the molecule is Cc1noc(C)c1CCC(=O)Nc1ccn2nccc2c1. The second-order valence-corrected chi connectivity index (χ2v) is 4.97. The predicted octanol–water partition coefficient (Wildman–Crippen LogP) is 2.51. The summed E-state index contributed by atoms with van der Waals surface area (Å²) in [6.45, 7) is 3.75. The molecule has 0 saturated heterocycles. The Bertz CT molecular complexity index is 768. The monoisotopic (exact) mass is 284 g/mol. The zero-order valence-corrected chi connectivity index (χ0v) is 12.0. The van der Waals surface area contributed by atoms with E-state index in [0.29, 0.717) is 12.8 Å². The Hall–Kier alpha value is -2.63. The molecule has 1 amide bonds. The molecular weight excluding hydrogens is 268 g/mol. The molecule has 0 saturated carbocycles. The molecule has 3 aromatic heterocycles. The summed E-state index contributed by atoms with van der Waals surface area (Å²) >= 11 is 0. The third kappa shape index (κ3) is 2.79. The Morgan fingerprint density at radius 1 is 1.38 bits per heavy atom. The summed E-state index contributed by atoms with van der Waals surface area (Å²) in [6, 6.07) is 5.61. The fourth-order valence-corrected chi connectivity index (χ4v) is 2.32. The maximum Gasteiger partial charge on any atom is 0.224 e. The summed E-state index contributed by atoms with van der Waals surface area (Å²) in [5, 5.41) is 10.9. The maximum atomic E-state index is 12.0. The Balaban J connectivity index is 1.63. The highest BCUT2D eigenvalue weighted by atomic mass is 16.5. The van der Waals surface area contributed by atoms with Gasteiger partial charge in [-0.05, 0) is 38.5 Å². The van der Waals surface area contributed by atoms with Gasteiger partial charge < -0.3 is 9.84 Å². The number of fused-ring (bicyclic) bond motifs is 1. The summed E-state index contributed by atoms with van der Waals surface area (Å²) in [7, 11) is 0. The molecule has 0 bridgehead atoms. The van der Waals surface area contributed by atoms with Gasteiger partial charge in [0.1, 0.15) is 5.76 Å². The molecule has 0 fully saturated rings. The van der Waals surface area contributed by atoms with Crippen molar-refractivity contribution in [3.63, 3.8) is 0 Å². The first-order valence-corrected chi connectivity index (χ1v) is 6.78. The molecule has 1 N–H and O–H groups in total. The Morgan fingerprint density at radius 3 is 3.00 bits per heavy atom. The molecular formula is C15H16N4O2. The van der Waals surface area contributed by atoms with Gasteiger partial charge in [-0.1, -0.05) is 5.16 Å². The number of nitrogens with zero attached hydrogens (tertiary/aromatic N) is 3. The largest absolute Gasteiger partial charge is 0.361 e. The minimum atomic E-state index is -0.0288. The second kappa shape index (κ2) is 5.40. The lowest BCUT2D eigenvalue weighted by Gasteiger charge is -2.05. The van der Waals surface area contributed by atoms with Crippen molar-refractivity contribution >= 4 is 17.1 Å². The summed E-state index contributed by atoms with van der Waals surface area (Å²) in [5.41, 5.74) is 3.57. The fourth-order valence-electron chi connectivity index (χ4n) is 2.32. The van der Waals surface area contributed by atoms with Gasteiger partial charge in [0.25, 0.3) is 0 Å². The molecule has 0 aliphatic rings. The Morgan fingerprint density at radius 2 is 2.24 bits per heavy atom. The number of rotatable bonds is 4. The Labute approximate surface area is 121 Å². The van der Waals surface area contributed by atoms with E-state index >= 15 is 0 Å². The van der Waals surface area contributed by atoms with Gasteiger partial charge in [-0.2, -0.15) is 5.10 Å². The molecule has 0 radical (unpaired) electrons. The van der Waals surface area contributed by atoms with Gasteiger partial charge >= 0.3 is 0 Å². The van der Waals surface area contributed by atoms with Crippen molar-refractivity contribution in [2.45, 2.75) is 26.7 Å². The lowest BCUT2D eigenvalue weighted by molar-refractivity contribution is -0.116. The standard InChI is InChI=1S/C15H16N4O2/c1-10-14(11(2)21-18-10)3-4-15(20)17-12-6-8-19-13(9-12)5-7-16-19/h5-9H,3-4H2,1-2H3,(H,17,20). The van der Waals surface area contributed by atoms with Gasteiger partial charge in [-0.15, -0.1) is 0 Å². The van der Waals surface area contributed by atoms with Crippen molar-refractivity contribution < 1.29 is 9.32 Å². The Kier molecular flexibility index (Phi) is 3.43. The van der Waals surface area contributed by atoms with Crippen LogP contribution in [0.5, 0.6) is 0 Å². The molecule has 0 aromatic carbocycles. The molecule has 0 atom stereocenters. The van der Waals surface area contributed by atoms with Crippen molar-refractivity contribution in [2.24, 2.45) is 0 Å². The normalized spacial score (nSPS) is 11.0. The molecule has 21 heavy (non-hydrogen) atoms. The van der Waals surface area contributed by atoms with Gasteiger partial charge in [0.05, 0.1) is 11.2 Å². The van der Waals surface area contributed by atoms with E-state index in [-0.39, 0.29) is 5.91 Å². The van der Waals surface area contributed by atoms with E-state index in [1.54, 1.807) is 10.7 Å². The average Bonchev–Trinajstić information content (AvgIpc) is 3.04. The summed E-state index contributed by atoms with van der Waals surface area (Å²) in [4.78, 5) is 12.0. The molecule has 6 heteroatoms. The maximum absolute atomic E-state index is 12.0. The number of pyridine rings is 1. The molecule has 3 aromatic rings. The molecule has 3 rings (SSSR count). The highest BCUT2D eigenvalue weighted by molar-refractivity contribution is 5.91. The van der Waals surface area contributed by atoms with Crippen LogP contribution >= 0.6 is 0 Å². The van der Waals surface area contributed by atoms with E-state index in [2.05, 4.69) is 15.6 Å². The van der Waals surface area contributed by atoms with Gasteiger partial charge in [0, 0.05) is 30.1 Å². The number of hydrogen-bond acceptors (Lipinski definition) is 4. The topological polar surface area (TPSA) is 72.4 Å². The fraction of sp³-hybridized carbons (Fsp3) is 0.267. The van der Waals surface area contributed by atoms with Crippen LogP contribution in [0.4, 0.5) is 5.69 Å². The number of carbonyl (C=O) groups is 1. The molecule has 0 aliphatic heterocycles. The van der Waals surface area contributed by atoms with Gasteiger partial charge in [0.2, 0.25) is 5.91 Å². The van der Waals surface area contributed by atoms with Crippen LogP contribution in [0.15, 0.2) is 35.1 Å². The van der Waals surface area contributed by atoms with E-state index in [0.717, 1.165) is 28.2 Å². The first-order valence-electron chi connectivity index (χ1n) is 6.78.